The van der Waals surface area contributed by atoms with E-state index in [1.807, 2.05) is 11.9 Å². The molecule has 4 nitrogen and oxygen atoms in total. The Morgan fingerprint density at radius 2 is 1.82 bits per heavy atom. The first kappa shape index (κ1) is 16.4. The summed E-state index contributed by atoms with van der Waals surface area (Å²) in [4.78, 5) is 13.4. The molecule has 0 fully saturated rings. The minimum absolute atomic E-state index is 0.0402. The van der Waals surface area contributed by atoms with Gasteiger partial charge in [0.25, 0.3) is 0 Å². The fourth-order valence-electron chi connectivity index (χ4n) is 1.74. The van der Waals surface area contributed by atoms with E-state index in [1.165, 1.54) is 0 Å². The van der Waals surface area contributed by atoms with Crippen LogP contribution in [-0.4, -0.2) is 48.3 Å². The maximum Gasteiger partial charge on any atom is 0.323 e. The van der Waals surface area contributed by atoms with Crippen LogP contribution in [0.15, 0.2) is 0 Å². The van der Waals surface area contributed by atoms with Gasteiger partial charge in [0.15, 0.2) is 0 Å². The lowest BCUT2D eigenvalue weighted by Gasteiger charge is -2.44. The molecule has 4 heteroatoms. The van der Waals surface area contributed by atoms with Crippen molar-refractivity contribution in [2.45, 2.75) is 52.6 Å². The normalized spacial score (nSPS) is 17.9. The van der Waals surface area contributed by atoms with Crippen LogP contribution < -0.4 is 0 Å². The summed E-state index contributed by atoms with van der Waals surface area (Å²) in [5.41, 5.74) is -0.846. The van der Waals surface area contributed by atoms with Crippen molar-refractivity contribution >= 4 is 5.97 Å². The van der Waals surface area contributed by atoms with Gasteiger partial charge in [0.1, 0.15) is 5.54 Å². The van der Waals surface area contributed by atoms with Crippen molar-refractivity contribution < 1.29 is 14.6 Å². The molecule has 0 aromatic rings. The summed E-state index contributed by atoms with van der Waals surface area (Å²) in [6.07, 6.45) is 0.482. The molecular formula is C13H27NO3. The predicted molar refractivity (Wildman–Crippen MR) is 69.2 cm³/mol. The minimum atomic E-state index is -0.886. The van der Waals surface area contributed by atoms with E-state index in [4.69, 9.17) is 4.74 Å². The Morgan fingerprint density at radius 1 is 1.35 bits per heavy atom. The van der Waals surface area contributed by atoms with Gasteiger partial charge in [-0.05, 0) is 32.7 Å². The van der Waals surface area contributed by atoms with Gasteiger partial charge in [-0.15, -0.1) is 0 Å². The van der Waals surface area contributed by atoms with E-state index in [2.05, 4.69) is 27.7 Å². The van der Waals surface area contributed by atoms with E-state index in [9.17, 15) is 9.90 Å². The van der Waals surface area contributed by atoms with E-state index in [1.54, 1.807) is 14.0 Å². The summed E-state index contributed by atoms with van der Waals surface area (Å²) in [6.45, 7) is 10.6. The molecule has 0 aliphatic rings. The smallest absolute Gasteiger partial charge is 0.323 e. The average Bonchev–Trinajstić information content (AvgIpc) is 2.22. The summed E-state index contributed by atoms with van der Waals surface area (Å²) in [7, 11) is 3.47. The zero-order valence-electron chi connectivity index (χ0n) is 12.2. The minimum Gasteiger partial charge on any atom is -0.480 e. The van der Waals surface area contributed by atoms with Gasteiger partial charge in [-0.3, -0.25) is 9.69 Å². The third-order valence-electron chi connectivity index (χ3n) is 3.87. The molecule has 1 N–H and O–H groups in total. The van der Waals surface area contributed by atoms with Crippen molar-refractivity contribution in [3.8, 4) is 0 Å². The highest BCUT2D eigenvalue weighted by Crippen LogP contribution is 2.30. The maximum absolute atomic E-state index is 11.5. The Bertz CT molecular complexity index is 260. The van der Waals surface area contributed by atoms with E-state index in [0.717, 1.165) is 0 Å². The van der Waals surface area contributed by atoms with Crippen molar-refractivity contribution in [3.63, 3.8) is 0 Å². The summed E-state index contributed by atoms with van der Waals surface area (Å²) < 4.78 is 5.01. The summed E-state index contributed by atoms with van der Waals surface area (Å²) >= 11 is 0. The highest BCUT2D eigenvalue weighted by atomic mass is 16.5. The molecule has 0 aliphatic carbocycles. The van der Waals surface area contributed by atoms with Gasteiger partial charge >= 0.3 is 5.97 Å². The van der Waals surface area contributed by atoms with Crippen LogP contribution in [0.2, 0.25) is 0 Å². The quantitative estimate of drug-likeness (QED) is 0.779. The molecule has 0 bridgehead atoms. The van der Waals surface area contributed by atoms with Gasteiger partial charge in [-0.25, -0.2) is 0 Å². The standard InChI is InChI=1S/C13H27NO3/c1-10(12(2,3)4)14(6)13(5,11(15)16)8-9-17-7/h10H,8-9H2,1-7H3,(H,15,16). The van der Waals surface area contributed by atoms with Crippen LogP contribution >= 0.6 is 0 Å². The molecule has 0 saturated carbocycles. The Hall–Kier alpha value is -0.610. The Morgan fingerprint density at radius 3 is 2.12 bits per heavy atom. The number of likely N-dealkylation sites (N-methyl/N-ethyl adjacent to an activating group) is 1. The maximum atomic E-state index is 11.5. The molecule has 2 unspecified atom stereocenters. The first-order valence-electron chi connectivity index (χ1n) is 6.02. The number of carbonyl (C=O) groups is 1. The van der Waals surface area contributed by atoms with Crippen molar-refractivity contribution in [1.82, 2.24) is 4.90 Å². The first-order valence-corrected chi connectivity index (χ1v) is 6.02. The van der Waals surface area contributed by atoms with Crippen molar-refractivity contribution in [3.05, 3.63) is 0 Å². The van der Waals surface area contributed by atoms with Crippen LogP contribution in [0.3, 0.4) is 0 Å². The lowest BCUT2D eigenvalue weighted by molar-refractivity contribution is -0.153. The molecule has 0 aromatic heterocycles. The summed E-state index contributed by atoms with van der Waals surface area (Å²) in [5, 5.41) is 9.45. The molecule has 0 rings (SSSR count). The average molecular weight is 245 g/mol. The van der Waals surface area contributed by atoms with Crippen LogP contribution in [-0.2, 0) is 9.53 Å². The molecule has 0 aromatic carbocycles. The molecule has 17 heavy (non-hydrogen) atoms. The number of hydrogen-bond donors (Lipinski definition) is 1. The molecule has 0 radical (unpaired) electrons. The third-order valence-corrected chi connectivity index (χ3v) is 3.87. The molecular weight excluding hydrogens is 218 g/mol. The zero-order valence-corrected chi connectivity index (χ0v) is 12.2. The Kier molecular flexibility index (Phi) is 5.62. The number of methoxy groups -OCH3 is 1. The van der Waals surface area contributed by atoms with E-state index >= 15 is 0 Å². The molecule has 0 aliphatic heterocycles. The Labute approximate surface area is 105 Å². The van der Waals surface area contributed by atoms with Gasteiger partial charge in [-0.2, -0.15) is 0 Å². The SMILES string of the molecule is COCCC(C)(C(=O)O)N(C)C(C)C(C)(C)C. The highest BCUT2D eigenvalue weighted by molar-refractivity contribution is 5.78. The largest absolute Gasteiger partial charge is 0.480 e. The second kappa shape index (κ2) is 5.83. The second-order valence-corrected chi connectivity index (χ2v) is 5.97. The van der Waals surface area contributed by atoms with E-state index < -0.39 is 11.5 Å². The molecule has 0 heterocycles. The van der Waals surface area contributed by atoms with Crippen molar-refractivity contribution in [2.75, 3.05) is 20.8 Å². The van der Waals surface area contributed by atoms with Crippen molar-refractivity contribution in [2.24, 2.45) is 5.41 Å². The van der Waals surface area contributed by atoms with Gasteiger partial charge in [0.2, 0.25) is 0 Å². The molecule has 102 valence electrons. The number of rotatable bonds is 6. The van der Waals surface area contributed by atoms with E-state index in [-0.39, 0.29) is 11.5 Å². The first-order chi connectivity index (χ1) is 7.57. The highest BCUT2D eigenvalue weighted by Gasteiger charge is 2.42. The van der Waals surface area contributed by atoms with Gasteiger partial charge < -0.3 is 9.84 Å². The summed E-state index contributed by atoms with van der Waals surface area (Å²) in [6, 6.07) is 0.167. The lowest BCUT2D eigenvalue weighted by Crippen LogP contribution is -2.57. The Balaban J connectivity index is 5.00. The second-order valence-electron chi connectivity index (χ2n) is 5.97. The molecule has 0 amide bonds. The number of nitrogens with zero attached hydrogens (tertiary/aromatic N) is 1. The predicted octanol–water partition coefficient (Wildman–Crippen LogP) is 2.23. The van der Waals surface area contributed by atoms with Crippen LogP contribution in [0.5, 0.6) is 0 Å². The number of hydrogen-bond acceptors (Lipinski definition) is 3. The molecule has 0 spiro atoms. The van der Waals surface area contributed by atoms with Gasteiger partial charge in [0.05, 0.1) is 0 Å². The fourth-order valence-corrected chi connectivity index (χ4v) is 1.74. The summed E-state index contributed by atoms with van der Waals surface area (Å²) in [5.74, 6) is -0.798. The van der Waals surface area contributed by atoms with Crippen LogP contribution in [0.1, 0.15) is 41.0 Å². The van der Waals surface area contributed by atoms with E-state index in [0.29, 0.717) is 13.0 Å². The number of carboxylic acid groups (broad SMARTS) is 1. The van der Waals surface area contributed by atoms with Gasteiger partial charge in [-0.1, -0.05) is 20.8 Å². The number of ether oxygens (including phenoxy) is 1. The van der Waals surface area contributed by atoms with Gasteiger partial charge in [0, 0.05) is 19.8 Å². The van der Waals surface area contributed by atoms with Crippen LogP contribution in [0.25, 0.3) is 0 Å². The fraction of sp³-hybridized carbons (Fsp3) is 0.923. The van der Waals surface area contributed by atoms with Crippen molar-refractivity contribution in [1.29, 1.82) is 0 Å². The monoisotopic (exact) mass is 245 g/mol. The topological polar surface area (TPSA) is 49.8 Å². The van der Waals surface area contributed by atoms with Crippen LogP contribution in [0, 0.1) is 5.41 Å². The third kappa shape index (κ3) is 3.96. The lowest BCUT2D eigenvalue weighted by atomic mass is 9.83. The number of aliphatic carboxylic acids is 1. The number of carboxylic acids is 1. The zero-order chi connectivity index (χ0) is 13.9. The molecule has 0 saturated heterocycles. The molecule has 2 atom stereocenters. The van der Waals surface area contributed by atoms with Crippen LogP contribution in [0.4, 0.5) is 0 Å².